The number of ketones is 1. The minimum atomic E-state index is -0.337. The van der Waals surface area contributed by atoms with E-state index in [-0.39, 0.29) is 47.9 Å². The largest absolute Gasteiger partial charge is 0.512 e. The number of aliphatic hydroxyl groups excluding tert-OH is 1. The Labute approximate surface area is 304 Å². The standard InChI is InChI=1S/C28H22NO2.C15H28O2.Ir/c1-16-11-18-13-21-25(15-24(18)30-16)31-23-9-10-29-27(26(21)23)19-12-17-7-5-6-8-20(17)22(14-19)28(2,3)4;1-7-14(5,8-2)12(16)11-13(17)15(6,9-3)10-4;/h5-11,13-15H,1-4H3;11,16H,7-10H2,1-6H3;/q-1;;/b;12-11-;. The fourth-order valence-corrected chi connectivity index (χ4v) is 6.25. The Morgan fingerprint density at radius 1 is 0.816 bits per heavy atom. The molecule has 0 atom stereocenters. The van der Waals surface area contributed by atoms with Crippen LogP contribution in [0.1, 0.15) is 99.3 Å². The molecule has 0 amide bonds. The van der Waals surface area contributed by atoms with E-state index in [2.05, 4.69) is 69.3 Å². The third-order valence-electron chi connectivity index (χ3n) is 10.6. The number of pyridine rings is 1. The number of rotatable bonds is 8. The Hall–Kier alpha value is -3.73. The van der Waals surface area contributed by atoms with Crippen LogP contribution in [0.2, 0.25) is 0 Å². The fourth-order valence-electron chi connectivity index (χ4n) is 6.25. The van der Waals surface area contributed by atoms with Gasteiger partial charge >= 0.3 is 0 Å². The molecule has 0 aliphatic heterocycles. The SMILES string of the molecule is CCC(C)(CC)C(=O)/C=C(\O)C(C)(CC)CC.Cc1cc2cc3c(cc2o1)oc1ccnc(-c2[c-]c4ccccc4c(C(C)(C)C)c2)c13.[Ir]. The van der Waals surface area contributed by atoms with Crippen molar-refractivity contribution in [1.82, 2.24) is 4.98 Å². The van der Waals surface area contributed by atoms with Gasteiger partial charge < -0.3 is 13.9 Å². The van der Waals surface area contributed by atoms with Gasteiger partial charge in [-0.2, -0.15) is 0 Å². The molecule has 3 heterocycles. The first-order chi connectivity index (χ1) is 22.7. The zero-order valence-electron chi connectivity index (χ0n) is 30.6. The summed E-state index contributed by atoms with van der Waals surface area (Å²) < 4.78 is 12.0. The molecule has 3 aromatic heterocycles. The second kappa shape index (κ2) is 14.6. The zero-order chi connectivity index (χ0) is 35.0. The number of hydrogen-bond acceptors (Lipinski definition) is 5. The monoisotopic (exact) mass is 837 g/mol. The van der Waals surface area contributed by atoms with Crippen molar-refractivity contribution < 1.29 is 38.8 Å². The van der Waals surface area contributed by atoms with Crippen LogP contribution in [0.15, 0.2) is 81.5 Å². The third kappa shape index (κ3) is 7.42. The molecule has 6 heteroatoms. The van der Waals surface area contributed by atoms with Gasteiger partial charge in [0.1, 0.15) is 28.3 Å². The van der Waals surface area contributed by atoms with Crippen LogP contribution in [0, 0.1) is 23.8 Å². The zero-order valence-corrected chi connectivity index (χ0v) is 33.0. The number of furan rings is 2. The Kier molecular flexibility index (Phi) is 11.4. The Balaban J connectivity index is 0.000000260. The molecule has 0 fully saturated rings. The van der Waals surface area contributed by atoms with E-state index in [9.17, 15) is 9.90 Å². The molecular formula is C43H50IrNO4-. The predicted molar refractivity (Wildman–Crippen MR) is 200 cm³/mol. The summed E-state index contributed by atoms with van der Waals surface area (Å²) in [5.74, 6) is 1.18. The molecule has 0 saturated heterocycles. The van der Waals surface area contributed by atoms with Crippen LogP contribution in [0.4, 0.5) is 0 Å². The van der Waals surface area contributed by atoms with E-state index in [1.807, 2.05) is 66.8 Å². The number of carbonyl (C=O) groups excluding carboxylic acids is 1. The fraction of sp³-hybridized carbons (Fsp3) is 0.395. The molecule has 49 heavy (non-hydrogen) atoms. The van der Waals surface area contributed by atoms with Gasteiger partial charge in [-0.05, 0) is 56.2 Å². The quantitative estimate of drug-likeness (QED) is 0.0939. The summed E-state index contributed by atoms with van der Waals surface area (Å²) in [5, 5.41) is 15.6. The van der Waals surface area contributed by atoms with Crippen molar-refractivity contribution in [2.75, 3.05) is 0 Å². The summed E-state index contributed by atoms with van der Waals surface area (Å²) in [5.41, 5.74) is 5.03. The average Bonchev–Trinajstić information content (AvgIpc) is 3.63. The molecule has 1 radical (unpaired) electrons. The van der Waals surface area contributed by atoms with Gasteiger partial charge in [0, 0.05) is 71.1 Å². The second-order valence-corrected chi connectivity index (χ2v) is 14.7. The van der Waals surface area contributed by atoms with Crippen LogP contribution in [0.5, 0.6) is 0 Å². The van der Waals surface area contributed by atoms with Crippen LogP contribution < -0.4 is 0 Å². The van der Waals surface area contributed by atoms with Gasteiger partial charge in [-0.25, -0.2) is 0 Å². The summed E-state index contributed by atoms with van der Waals surface area (Å²) in [6.45, 7) is 20.8. The topological polar surface area (TPSA) is 76.5 Å². The van der Waals surface area contributed by atoms with E-state index < -0.39 is 0 Å². The average molecular weight is 837 g/mol. The molecule has 0 aliphatic rings. The molecule has 5 nitrogen and oxygen atoms in total. The third-order valence-corrected chi connectivity index (χ3v) is 10.6. The number of hydrogen-bond donors (Lipinski definition) is 1. The molecule has 0 bridgehead atoms. The maximum atomic E-state index is 12.2. The van der Waals surface area contributed by atoms with E-state index in [1.54, 1.807) is 0 Å². The van der Waals surface area contributed by atoms with Crippen molar-refractivity contribution in [3.63, 3.8) is 0 Å². The number of aliphatic hydroxyl groups is 1. The number of allylic oxidation sites excluding steroid dienone is 2. The van der Waals surface area contributed by atoms with Gasteiger partial charge in [0.15, 0.2) is 5.78 Å². The molecule has 0 spiro atoms. The van der Waals surface area contributed by atoms with Gasteiger partial charge in [-0.1, -0.05) is 91.5 Å². The molecule has 6 aromatic rings. The first-order valence-electron chi connectivity index (χ1n) is 17.3. The van der Waals surface area contributed by atoms with Crippen molar-refractivity contribution in [2.45, 2.75) is 100 Å². The Bertz CT molecular complexity index is 2130. The Morgan fingerprint density at radius 2 is 1.47 bits per heavy atom. The predicted octanol–water partition coefficient (Wildman–Crippen LogP) is 12.6. The van der Waals surface area contributed by atoms with Gasteiger partial charge in [-0.15, -0.1) is 29.1 Å². The number of fused-ring (bicyclic) bond motifs is 5. The molecule has 1 N–H and O–H groups in total. The summed E-state index contributed by atoms with van der Waals surface area (Å²) in [6.07, 6.45) is 6.57. The summed E-state index contributed by atoms with van der Waals surface area (Å²) in [7, 11) is 0. The van der Waals surface area contributed by atoms with E-state index in [1.165, 1.54) is 17.0 Å². The van der Waals surface area contributed by atoms with Crippen LogP contribution >= 0.6 is 0 Å². The van der Waals surface area contributed by atoms with Crippen molar-refractivity contribution >= 4 is 49.5 Å². The number of benzene rings is 3. The summed E-state index contributed by atoms with van der Waals surface area (Å²) in [6, 6.07) is 22.4. The van der Waals surface area contributed by atoms with Crippen LogP contribution in [-0.2, 0) is 30.3 Å². The molecule has 0 aliphatic carbocycles. The second-order valence-electron chi connectivity index (χ2n) is 14.7. The van der Waals surface area contributed by atoms with Gasteiger partial charge in [0.2, 0.25) is 0 Å². The van der Waals surface area contributed by atoms with Crippen molar-refractivity contribution in [3.8, 4) is 11.3 Å². The number of aryl methyl sites for hydroxylation is 1. The van der Waals surface area contributed by atoms with Crippen molar-refractivity contribution in [1.29, 1.82) is 0 Å². The number of carbonyl (C=O) groups is 1. The van der Waals surface area contributed by atoms with Gasteiger partial charge in [-0.3, -0.25) is 9.78 Å². The van der Waals surface area contributed by atoms with E-state index >= 15 is 0 Å². The molecule has 3 aromatic carbocycles. The first kappa shape index (κ1) is 38.1. The first-order valence-corrected chi connectivity index (χ1v) is 17.3. The van der Waals surface area contributed by atoms with E-state index in [0.29, 0.717) is 0 Å². The van der Waals surface area contributed by atoms with Gasteiger partial charge in [0.25, 0.3) is 0 Å². The molecule has 0 unspecified atom stereocenters. The van der Waals surface area contributed by atoms with Gasteiger partial charge in [0.05, 0.1) is 0 Å². The van der Waals surface area contributed by atoms with E-state index in [4.69, 9.17) is 13.8 Å². The van der Waals surface area contributed by atoms with Crippen molar-refractivity contribution in [3.05, 3.63) is 90.0 Å². The van der Waals surface area contributed by atoms with E-state index in [0.717, 1.165) is 81.0 Å². The number of nitrogens with zero attached hydrogens (tertiary/aromatic N) is 1. The van der Waals surface area contributed by atoms with Crippen LogP contribution in [-0.4, -0.2) is 15.9 Å². The Morgan fingerprint density at radius 3 is 2.10 bits per heavy atom. The summed E-state index contributed by atoms with van der Waals surface area (Å²) in [4.78, 5) is 17.0. The maximum Gasteiger partial charge on any atom is 0.164 e. The smallest absolute Gasteiger partial charge is 0.164 e. The maximum absolute atomic E-state index is 12.2. The molecule has 0 saturated carbocycles. The molecule has 6 rings (SSSR count). The normalized spacial score (nSPS) is 12.7. The van der Waals surface area contributed by atoms with Crippen LogP contribution in [0.3, 0.4) is 0 Å². The van der Waals surface area contributed by atoms with Crippen LogP contribution in [0.25, 0.3) is 54.9 Å². The molecule has 261 valence electrons. The number of aromatic nitrogens is 1. The van der Waals surface area contributed by atoms with Crippen molar-refractivity contribution in [2.24, 2.45) is 10.8 Å². The molecular weight excluding hydrogens is 787 g/mol. The minimum absolute atomic E-state index is 0. The summed E-state index contributed by atoms with van der Waals surface area (Å²) >= 11 is 0. The minimum Gasteiger partial charge on any atom is -0.512 e.